The van der Waals surface area contributed by atoms with Gasteiger partial charge in [0.1, 0.15) is 11.9 Å². The molecule has 112 valence electrons. The van der Waals surface area contributed by atoms with E-state index in [9.17, 15) is 0 Å². The number of ether oxygens (including phenoxy) is 1. The number of benzene rings is 2. The van der Waals surface area contributed by atoms with Gasteiger partial charge in [0.15, 0.2) is 0 Å². The quantitative estimate of drug-likeness (QED) is 0.797. The van der Waals surface area contributed by atoms with Crippen LogP contribution in [0.5, 0.6) is 5.75 Å². The second-order valence-corrected chi connectivity index (χ2v) is 5.97. The third-order valence-corrected chi connectivity index (χ3v) is 3.79. The standard InChI is InChI=1S/C17H19Cl2NO/c1-12(2)20-11-17(13-6-4-3-5-7-13)21-14-8-9-15(18)16(19)10-14/h3-10,12,17,20H,11H2,1-2H3. The molecule has 4 heteroatoms. The molecule has 0 spiro atoms. The second-order valence-electron chi connectivity index (χ2n) is 5.16. The van der Waals surface area contributed by atoms with Gasteiger partial charge in [0, 0.05) is 18.7 Å². The summed E-state index contributed by atoms with van der Waals surface area (Å²) in [5.74, 6) is 0.712. The number of hydrogen-bond donors (Lipinski definition) is 1. The van der Waals surface area contributed by atoms with E-state index in [2.05, 4.69) is 31.3 Å². The van der Waals surface area contributed by atoms with E-state index < -0.39 is 0 Å². The van der Waals surface area contributed by atoms with Gasteiger partial charge in [-0.25, -0.2) is 0 Å². The van der Waals surface area contributed by atoms with Crippen molar-refractivity contribution in [2.24, 2.45) is 0 Å². The molecule has 0 aliphatic carbocycles. The van der Waals surface area contributed by atoms with E-state index in [0.29, 0.717) is 21.8 Å². The Morgan fingerprint density at radius 2 is 1.71 bits per heavy atom. The molecular weight excluding hydrogens is 305 g/mol. The molecule has 0 heterocycles. The summed E-state index contributed by atoms with van der Waals surface area (Å²) in [6.45, 7) is 4.95. The first-order valence-electron chi connectivity index (χ1n) is 6.96. The van der Waals surface area contributed by atoms with Gasteiger partial charge in [-0.3, -0.25) is 0 Å². The Balaban J connectivity index is 2.17. The van der Waals surface area contributed by atoms with Gasteiger partial charge in [0.25, 0.3) is 0 Å². The summed E-state index contributed by atoms with van der Waals surface area (Å²) in [6.07, 6.45) is -0.0779. The lowest BCUT2D eigenvalue weighted by Crippen LogP contribution is -2.30. The predicted octanol–water partition coefficient (Wildman–Crippen LogP) is 5.11. The summed E-state index contributed by atoms with van der Waals surface area (Å²) in [4.78, 5) is 0. The van der Waals surface area contributed by atoms with Crippen molar-refractivity contribution in [2.45, 2.75) is 26.0 Å². The normalized spacial score (nSPS) is 12.4. The summed E-state index contributed by atoms with van der Waals surface area (Å²) in [6, 6.07) is 15.9. The maximum absolute atomic E-state index is 6.08. The fourth-order valence-electron chi connectivity index (χ4n) is 1.95. The Morgan fingerprint density at radius 1 is 1.00 bits per heavy atom. The van der Waals surface area contributed by atoms with E-state index in [1.165, 1.54) is 0 Å². The first kappa shape index (κ1) is 16.2. The van der Waals surface area contributed by atoms with Crippen LogP contribution in [0.3, 0.4) is 0 Å². The third-order valence-electron chi connectivity index (χ3n) is 3.05. The van der Waals surface area contributed by atoms with Gasteiger partial charge in [-0.05, 0) is 17.7 Å². The highest BCUT2D eigenvalue weighted by Crippen LogP contribution is 2.29. The van der Waals surface area contributed by atoms with E-state index in [1.807, 2.05) is 24.3 Å². The van der Waals surface area contributed by atoms with Crippen molar-refractivity contribution in [2.75, 3.05) is 6.54 Å². The smallest absolute Gasteiger partial charge is 0.136 e. The van der Waals surface area contributed by atoms with E-state index in [1.54, 1.807) is 12.1 Å². The van der Waals surface area contributed by atoms with Crippen molar-refractivity contribution >= 4 is 23.2 Å². The van der Waals surface area contributed by atoms with Crippen molar-refractivity contribution in [3.05, 3.63) is 64.1 Å². The average Bonchev–Trinajstić information content (AvgIpc) is 2.48. The zero-order valence-electron chi connectivity index (χ0n) is 12.1. The molecule has 0 radical (unpaired) electrons. The molecule has 0 aromatic heterocycles. The van der Waals surface area contributed by atoms with Gasteiger partial charge in [0.05, 0.1) is 10.0 Å². The molecule has 0 aliphatic heterocycles. The van der Waals surface area contributed by atoms with Crippen molar-refractivity contribution in [3.8, 4) is 5.75 Å². The number of hydrogen-bond acceptors (Lipinski definition) is 2. The van der Waals surface area contributed by atoms with Gasteiger partial charge < -0.3 is 10.1 Å². The number of halogens is 2. The van der Waals surface area contributed by atoms with Crippen LogP contribution in [0.4, 0.5) is 0 Å². The molecule has 21 heavy (non-hydrogen) atoms. The monoisotopic (exact) mass is 323 g/mol. The second kappa shape index (κ2) is 7.69. The zero-order chi connectivity index (χ0) is 15.2. The summed E-state index contributed by atoms with van der Waals surface area (Å²) >= 11 is 12.0. The van der Waals surface area contributed by atoms with Crippen LogP contribution in [-0.2, 0) is 0 Å². The molecule has 2 nitrogen and oxygen atoms in total. The third kappa shape index (κ3) is 4.92. The first-order chi connectivity index (χ1) is 10.1. The van der Waals surface area contributed by atoms with Crippen molar-refractivity contribution < 1.29 is 4.74 Å². The molecule has 2 aromatic rings. The van der Waals surface area contributed by atoms with E-state index in [0.717, 1.165) is 12.1 Å². The van der Waals surface area contributed by atoms with Crippen LogP contribution in [0.1, 0.15) is 25.5 Å². The SMILES string of the molecule is CC(C)NCC(Oc1ccc(Cl)c(Cl)c1)c1ccccc1. The Kier molecular flexibility index (Phi) is 5.92. The van der Waals surface area contributed by atoms with Crippen LogP contribution in [0.2, 0.25) is 10.0 Å². The Labute approximate surface area is 136 Å². The molecule has 0 fully saturated rings. The Morgan fingerprint density at radius 3 is 2.33 bits per heavy atom. The van der Waals surface area contributed by atoms with Crippen LogP contribution in [0.25, 0.3) is 0 Å². The average molecular weight is 324 g/mol. The highest BCUT2D eigenvalue weighted by Gasteiger charge is 2.14. The summed E-state index contributed by atoms with van der Waals surface area (Å²) in [5.41, 5.74) is 1.12. The summed E-state index contributed by atoms with van der Waals surface area (Å²) in [7, 11) is 0. The molecular formula is C17H19Cl2NO. The number of rotatable bonds is 6. The Bertz CT molecular complexity index is 572. The van der Waals surface area contributed by atoms with Gasteiger partial charge in [-0.15, -0.1) is 0 Å². The van der Waals surface area contributed by atoms with Crippen molar-refractivity contribution in [1.82, 2.24) is 5.32 Å². The topological polar surface area (TPSA) is 21.3 Å². The van der Waals surface area contributed by atoms with Crippen LogP contribution in [0, 0.1) is 0 Å². The van der Waals surface area contributed by atoms with Gasteiger partial charge in [-0.2, -0.15) is 0 Å². The van der Waals surface area contributed by atoms with E-state index in [4.69, 9.17) is 27.9 Å². The van der Waals surface area contributed by atoms with Gasteiger partial charge >= 0.3 is 0 Å². The predicted molar refractivity (Wildman–Crippen MR) is 89.4 cm³/mol. The highest BCUT2D eigenvalue weighted by atomic mass is 35.5. The molecule has 0 saturated carbocycles. The molecule has 2 aromatic carbocycles. The minimum atomic E-state index is -0.0779. The van der Waals surface area contributed by atoms with E-state index >= 15 is 0 Å². The molecule has 1 N–H and O–H groups in total. The summed E-state index contributed by atoms with van der Waals surface area (Å²) in [5, 5.41) is 4.43. The molecule has 0 saturated heterocycles. The minimum Gasteiger partial charge on any atom is -0.484 e. The molecule has 1 unspecified atom stereocenters. The fraction of sp³-hybridized carbons (Fsp3) is 0.294. The zero-order valence-corrected chi connectivity index (χ0v) is 13.7. The van der Waals surface area contributed by atoms with E-state index in [-0.39, 0.29) is 6.10 Å². The van der Waals surface area contributed by atoms with Crippen LogP contribution < -0.4 is 10.1 Å². The Hall–Kier alpha value is -1.22. The van der Waals surface area contributed by atoms with Crippen molar-refractivity contribution in [3.63, 3.8) is 0 Å². The largest absolute Gasteiger partial charge is 0.484 e. The summed E-state index contributed by atoms with van der Waals surface area (Å²) < 4.78 is 6.08. The van der Waals surface area contributed by atoms with Crippen LogP contribution in [-0.4, -0.2) is 12.6 Å². The maximum atomic E-state index is 6.08. The van der Waals surface area contributed by atoms with Gasteiger partial charge in [0.2, 0.25) is 0 Å². The van der Waals surface area contributed by atoms with Crippen molar-refractivity contribution in [1.29, 1.82) is 0 Å². The van der Waals surface area contributed by atoms with Gasteiger partial charge in [-0.1, -0.05) is 67.4 Å². The molecule has 0 amide bonds. The number of nitrogens with one attached hydrogen (secondary N) is 1. The molecule has 0 bridgehead atoms. The minimum absolute atomic E-state index is 0.0779. The first-order valence-corrected chi connectivity index (χ1v) is 7.72. The maximum Gasteiger partial charge on any atom is 0.136 e. The fourth-order valence-corrected chi connectivity index (χ4v) is 2.24. The lowest BCUT2D eigenvalue weighted by molar-refractivity contribution is 0.198. The van der Waals surface area contributed by atoms with Crippen LogP contribution in [0.15, 0.2) is 48.5 Å². The van der Waals surface area contributed by atoms with Crippen LogP contribution >= 0.6 is 23.2 Å². The lowest BCUT2D eigenvalue weighted by atomic mass is 10.1. The molecule has 1 atom stereocenters. The lowest BCUT2D eigenvalue weighted by Gasteiger charge is -2.21. The molecule has 2 rings (SSSR count). The highest BCUT2D eigenvalue weighted by molar-refractivity contribution is 6.42. The molecule has 0 aliphatic rings.